The molecular formula is C19H29N3O3S. The minimum Gasteiger partial charge on any atom is -0.325 e. The van der Waals surface area contributed by atoms with E-state index in [1.54, 1.807) is 19.1 Å². The van der Waals surface area contributed by atoms with Gasteiger partial charge in [-0.25, -0.2) is 13.1 Å². The Hall–Kier alpha value is -1.44. The second-order valence-electron chi connectivity index (χ2n) is 7.46. The highest BCUT2D eigenvalue weighted by atomic mass is 32.2. The summed E-state index contributed by atoms with van der Waals surface area (Å²) in [6, 6.07) is 5.53. The molecule has 1 aromatic carbocycles. The zero-order chi connectivity index (χ0) is 18.7. The number of amides is 1. The van der Waals surface area contributed by atoms with Gasteiger partial charge in [-0.2, -0.15) is 0 Å². The Balaban J connectivity index is 1.67. The average molecular weight is 380 g/mol. The smallest absolute Gasteiger partial charge is 0.240 e. The van der Waals surface area contributed by atoms with Crippen LogP contribution in [-0.2, 0) is 14.8 Å². The molecule has 6 nitrogen and oxygen atoms in total. The van der Waals surface area contributed by atoms with E-state index < -0.39 is 10.0 Å². The largest absolute Gasteiger partial charge is 0.325 e. The Morgan fingerprint density at radius 1 is 1.19 bits per heavy atom. The second-order valence-corrected chi connectivity index (χ2v) is 9.32. The maximum Gasteiger partial charge on any atom is 0.240 e. The number of carbonyl (C=O) groups excluding carboxylic acids is 1. The summed E-state index contributed by atoms with van der Waals surface area (Å²) in [7, 11) is -2.16. The molecule has 2 atom stereocenters. The van der Waals surface area contributed by atoms with Crippen LogP contribution in [0.5, 0.6) is 0 Å². The maximum absolute atomic E-state index is 12.6. The third-order valence-corrected chi connectivity index (χ3v) is 7.29. The zero-order valence-corrected chi connectivity index (χ0v) is 16.4. The maximum atomic E-state index is 12.6. The second kappa shape index (κ2) is 8.06. The van der Waals surface area contributed by atoms with Crippen molar-refractivity contribution in [3.8, 4) is 0 Å². The van der Waals surface area contributed by atoms with Gasteiger partial charge in [-0.05, 0) is 69.8 Å². The Morgan fingerprint density at radius 3 is 2.69 bits per heavy atom. The highest BCUT2D eigenvalue weighted by Crippen LogP contribution is 2.35. The molecule has 2 aliphatic rings. The van der Waals surface area contributed by atoms with Crippen molar-refractivity contribution >= 4 is 21.6 Å². The molecule has 1 heterocycles. The molecule has 1 saturated heterocycles. The van der Waals surface area contributed by atoms with Gasteiger partial charge in [-0.15, -0.1) is 0 Å². The molecule has 1 saturated carbocycles. The van der Waals surface area contributed by atoms with Crippen molar-refractivity contribution < 1.29 is 13.2 Å². The zero-order valence-electron chi connectivity index (χ0n) is 15.6. The molecule has 0 aromatic heterocycles. The molecule has 1 aliphatic heterocycles. The summed E-state index contributed by atoms with van der Waals surface area (Å²) in [6.07, 6.45) is 7.48. The molecule has 0 unspecified atom stereocenters. The van der Waals surface area contributed by atoms with Gasteiger partial charge in [-0.3, -0.25) is 9.69 Å². The average Bonchev–Trinajstić information content (AvgIpc) is 2.63. The Bertz CT molecular complexity index is 761. The molecule has 1 aromatic rings. The van der Waals surface area contributed by atoms with E-state index in [1.165, 1.54) is 45.2 Å². The predicted octanol–water partition coefficient (Wildman–Crippen LogP) is 2.50. The van der Waals surface area contributed by atoms with Crippen molar-refractivity contribution in [3.05, 3.63) is 23.8 Å². The van der Waals surface area contributed by atoms with Gasteiger partial charge in [0.2, 0.25) is 15.9 Å². The van der Waals surface area contributed by atoms with E-state index in [9.17, 15) is 13.2 Å². The number of nitrogens with one attached hydrogen (secondary N) is 2. The van der Waals surface area contributed by atoms with Crippen molar-refractivity contribution in [1.82, 2.24) is 9.62 Å². The lowest BCUT2D eigenvalue weighted by Crippen LogP contribution is -2.49. The van der Waals surface area contributed by atoms with Gasteiger partial charge < -0.3 is 5.32 Å². The van der Waals surface area contributed by atoms with E-state index in [0.717, 1.165) is 18.9 Å². The van der Waals surface area contributed by atoms with Crippen molar-refractivity contribution in [2.45, 2.75) is 56.4 Å². The van der Waals surface area contributed by atoms with Gasteiger partial charge >= 0.3 is 0 Å². The van der Waals surface area contributed by atoms with Crippen LogP contribution in [0.3, 0.4) is 0 Å². The van der Waals surface area contributed by atoms with Gasteiger partial charge in [0.05, 0.1) is 11.4 Å². The van der Waals surface area contributed by atoms with Gasteiger partial charge in [0.1, 0.15) is 0 Å². The number of hydrogen-bond acceptors (Lipinski definition) is 4. The summed E-state index contributed by atoms with van der Waals surface area (Å²) in [5.74, 6) is 0.657. The predicted molar refractivity (Wildman–Crippen MR) is 103 cm³/mol. The monoisotopic (exact) mass is 379 g/mol. The number of hydrogen-bond donors (Lipinski definition) is 2. The SMILES string of the molecule is CNS(=O)(=O)c1cc(NC(=O)CN2CCC[C@H]3CCCC[C@@H]32)ccc1C. The number of benzene rings is 1. The lowest BCUT2D eigenvalue weighted by Gasteiger charge is -2.43. The summed E-state index contributed by atoms with van der Waals surface area (Å²) in [4.78, 5) is 15.1. The summed E-state index contributed by atoms with van der Waals surface area (Å²) >= 11 is 0. The molecule has 1 amide bonds. The fourth-order valence-electron chi connectivity index (χ4n) is 4.39. The first kappa shape index (κ1) is 19.3. The number of likely N-dealkylation sites (tertiary alicyclic amines) is 1. The van der Waals surface area contributed by atoms with Crippen LogP contribution in [-0.4, -0.2) is 45.4 Å². The molecule has 144 valence electrons. The normalized spacial score (nSPS) is 24.1. The van der Waals surface area contributed by atoms with Crippen LogP contribution >= 0.6 is 0 Å². The molecule has 2 fully saturated rings. The summed E-state index contributed by atoms with van der Waals surface area (Å²) < 4.78 is 26.5. The molecule has 0 spiro atoms. The fraction of sp³-hybridized carbons (Fsp3) is 0.632. The van der Waals surface area contributed by atoms with E-state index in [1.807, 2.05) is 0 Å². The minimum absolute atomic E-state index is 0.0760. The Labute approximate surface area is 156 Å². The van der Waals surface area contributed by atoms with Crippen LogP contribution in [0.25, 0.3) is 0 Å². The molecular weight excluding hydrogens is 350 g/mol. The highest BCUT2D eigenvalue weighted by Gasteiger charge is 2.33. The number of piperidine rings is 1. The van der Waals surface area contributed by atoms with Crippen molar-refractivity contribution in [1.29, 1.82) is 0 Å². The summed E-state index contributed by atoms with van der Waals surface area (Å²) in [6.45, 7) is 3.10. The molecule has 0 radical (unpaired) electrons. The number of anilines is 1. The number of aryl methyl sites for hydroxylation is 1. The van der Waals surface area contributed by atoms with E-state index in [-0.39, 0.29) is 10.8 Å². The topological polar surface area (TPSA) is 78.5 Å². The third-order valence-electron chi connectivity index (χ3n) is 5.74. The first-order valence-corrected chi connectivity index (χ1v) is 11.0. The fourth-order valence-corrected chi connectivity index (χ4v) is 5.38. The van der Waals surface area contributed by atoms with Crippen LogP contribution < -0.4 is 10.0 Å². The van der Waals surface area contributed by atoms with Crippen LogP contribution in [0, 0.1) is 12.8 Å². The van der Waals surface area contributed by atoms with Gasteiger partial charge in [0.25, 0.3) is 0 Å². The van der Waals surface area contributed by atoms with Crippen molar-refractivity contribution in [2.24, 2.45) is 5.92 Å². The number of nitrogens with zero attached hydrogens (tertiary/aromatic N) is 1. The summed E-state index contributed by atoms with van der Waals surface area (Å²) in [5.41, 5.74) is 1.17. The Morgan fingerprint density at radius 2 is 1.92 bits per heavy atom. The van der Waals surface area contributed by atoms with Gasteiger partial charge in [0.15, 0.2) is 0 Å². The van der Waals surface area contributed by atoms with E-state index in [4.69, 9.17) is 0 Å². The van der Waals surface area contributed by atoms with Gasteiger partial charge in [0, 0.05) is 11.7 Å². The molecule has 2 N–H and O–H groups in total. The molecule has 7 heteroatoms. The van der Waals surface area contributed by atoms with E-state index in [0.29, 0.717) is 23.8 Å². The molecule has 0 bridgehead atoms. The number of fused-ring (bicyclic) bond motifs is 1. The molecule has 1 aliphatic carbocycles. The first-order valence-electron chi connectivity index (χ1n) is 9.49. The quantitative estimate of drug-likeness (QED) is 0.824. The Kier molecular flexibility index (Phi) is 5.99. The first-order chi connectivity index (χ1) is 12.4. The minimum atomic E-state index is -3.54. The van der Waals surface area contributed by atoms with Crippen LogP contribution in [0.15, 0.2) is 23.1 Å². The number of rotatable bonds is 5. The third kappa shape index (κ3) is 4.27. The molecule has 26 heavy (non-hydrogen) atoms. The van der Waals surface area contributed by atoms with E-state index >= 15 is 0 Å². The van der Waals surface area contributed by atoms with Crippen LogP contribution in [0.1, 0.15) is 44.1 Å². The highest BCUT2D eigenvalue weighted by molar-refractivity contribution is 7.89. The van der Waals surface area contributed by atoms with Crippen molar-refractivity contribution in [2.75, 3.05) is 25.5 Å². The standard InChI is InChI=1S/C19H29N3O3S/c1-14-9-10-16(12-18(14)26(24,25)20-2)21-19(23)13-22-11-5-7-15-6-3-4-8-17(15)22/h9-10,12,15,17,20H,3-8,11,13H2,1-2H3,(H,21,23)/t15-,17+/m1/s1. The number of sulfonamides is 1. The van der Waals surface area contributed by atoms with Crippen molar-refractivity contribution in [3.63, 3.8) is 0 Å². The van der Waals surface area contributed by atoms with Crippen LogP contribution in [0.4, 0.5) is 5.69 Å². The van der Waals surface area contributed by atoms with Crippen LogP contribution in [0.2, 0.25) is 0 Å². The lowest BCUT2D eigenvalue weighted by atomic mass is 9.78. The molecule has 3 rings (SSSR count). The number of carbonyl (C=O) groups is 1. The summed E-state index contributed by atoms with van der Waals surface area (Å²) in [5, 5.41) is 2.88. The lowest BCUT2D eigenvalue weighted by molar-refractivity contribution is -0.118. The van der Waals surface area contributed by atoms with E-state index in [2.05, 4.69) is 14.9 Å². The van der Waals surface area contributed by atoms with Gasteiger partial charge in [-0.1, -0.05) is 18.9 Å².